The number of carbonyl (C=O) groups excluding carboxylic acids is 1. The molecule has 106 valence electrons. The molecule has 0 bridgehead atoms. The Balaban J connectivity index is 4.48. The van der Waals surface area contributed by atoms with E-state index in [2.05, 4.69) is 5.32 Å². The monoisotopic (exact) mass is 258 g/mol. The molecule has 18 heavy (non-hydrogen) atoms. The lowest BCUT2D eigenvalue weighted by Gasteiger charge is -2.23. The van der Waals surface area contributed by atoms with Gasteiger partial charge in [0, 0.05) is 6.04 Å². The molecule has 0 fully saturated rings. The van der Waals surface area contributed by atoms with E-state index < -0.39 is 12.0 Å². The van der Waals surface area contributed by atoms with Gasteiger partial charge in [-0.2, -0.15) is 0 Å². The number of hydrogen-bond donors (Lipinski definition) is 3. The zero-order valence-corrected chi connectivity index (χ0v) is 11.8. The van der Waals surface area contributed by atoms with Crippen molar-refractivity contribution >= 4 is 11.9 Å². The van der Waals surface area contributed by atoms with Gasteiger partial charge in [0.2, 0.25) is 5.91 Å². The number of nitrogens with one attached hydrogen (secondary N) is 1. The number of carboxylic acids is 1. The van der Waals surface area contributed by atoms with Crippen molar-refractivity contribution < 1.29 is 14.7 Å². The van der Waals surface area contributed by atoms with Gasteiger partial charge >= 0.3 is 5.97 Å². The van der Waals surface area contributed by atoms with Crippen LogP contribution < -0.4 is 11.1 Å². The van der Waals surface area contributed by atoms with Gasteiger partial charge in [-0.15, -0.1) is 0 Å². The third kappa shape index (κ3) is 6.59. The standard InChI is InChI=1S/C13H26N2O3/c1-5-9(4)6-10(7-11(16)17)15-13(18)12(14)8(2)3/h8-10,12H,5-7,14H2,1-4H3,(H,15,18)(H,16,17)/t9?,10-,12-/m0/s1. The maximum absolute atomic E-state index is 11.8. The Morgan fingerprint density at radius 1 is 1.28 bits per heavy atom. The second-order valence-corrected chi connectivity index (χ2v) is 5.32. The molecule has 0 aromatic rings. The van der Waals surface area contributed by atoms with Gasteiger partial charge < -0.3 is 16.2 Å². The van der Waals surface area contributed by atoms with Crippen molar-refractivity contribution in [1.82, 2.24) is 5.32 Å². The van der Waals surface area contributed by atoms with Gasteiger partial charge in [-0.05, 0) is 18.3 Å². The van der Waals surface area contributed by atoms with E-state index in [1.807, 2.05) is 27.7 Å². The van der Waals surface area contributed by atoms with Crippen molar-refractivity contribution in [2.75, 3.05) is 0 Å². The maximum atomic E-state index is 11.8. The lowest BCUT2D eigenvalue weighted by atomic mass is 9.96. The predicted molar refractivity (Wildman–Crippen MR) is 71.1 cm³/mol. The molecule has 0 aliphatic carbocycles. The number of rotatable bonds is 8. The van der Waals surface area contributed by atoms with Crippen LogP contribution in [-0.2, 0) is 9.59 Å². The SMILES string of the molecule is CCC(C)C[C@@H](CC(=O)O)NC(=O)[C@@H](N)C(C)C. The Morgan fingerprint density at radius 2 is 1.83 bits per heavy atom. The maximum Gasteiger partial charge on any atom is 0.305 e. The van der Waals surface area contributed by atoms with Gasteiger partial charge in [0.05, 0.1) is 12.5 Å². The molecule has 3 atom stereocenters. The number of aliphatic carboxylic acids is 1. The van der Waals surface area contributed by atoms with E-state index >= 15 is 0 Å². The lowest BCUT2D eigenvalue weighted by Crippen LogP contribution is -2.48. The number of hydrogen-bond acceptors (Lipinski definition) is 3. The van der Waals surface area contributed by atoms with Crippen LogP contribution in [0, 0.1) is 11.8 Å². The molecule has 5 nitrogen and oxygen atoms in total. The second kappa shape index (κ2) is 8.08. The molecular weight excluding hydrogens is 232 g/mol. The molecule has 0 saturated carbocycles. The number of nitrogens with two attached hydrogens (primary N) is 1. The van der Waals surface area contributed by atoms with Crippen LogP contribution in [0.3, 0.4) is 0 Å². The van der Waals surface area contributed by atoms with Crippen molar-refractivity contribution in [3.05, 3.63) is 0 Å². The molecule has 1 unspecified atom stereocenters. The molecule has 0 radical (unpaired) electrons. The predicted octanol–water partition coefficient (Wildman–Crippen LogP) is 1.37. The highest BCUT2D eigenvalue weighted by molar-refractivity contribution is 5.82. The summed E-state index contributed by atoms with van der Waals surface area (Å²) >= 11 is 0. The Morgan fingerprint density at radius 3 is 2.22 bits per heavy atom. The molecule has 0 aliphatic heterocycles. The zero-order chi connectivity index (χ0) is 14.3. The van der Waals surface area contributed by atoms with Gasteiger partial charge in [-0.3, -0.25) is 9.59 Å². The minimum Gasteiger partial charge on any atom is -0.481 e. The molecule has 0 spiro atoms. The first-order valence-corrected chi connectivity index (χ1v) is 6.55. The highest BCUT2D eigenvalue weighted by atomic mass is 16.4. The number of amides is 1. The summed E-state index contributed by atoms with van der Waals surface area (Å²) in [7, 11) is 0. The number of carboxylic acid groups (broad SMARTS) is 1. The third-order valence-electron chi connectivity index (χ3n) is 3.17. The first kappa shape index (κ1) is 16.9. The summed E-state index contributed by atoms with van der Waals surface area (Å²) in [6.45, 7) is 7.82. The van der Waals surface area contributed by atoms with E-state index in [4.69, 9.17) is 10.8 Å². The summed E-state index contributed by atoms with van der Waals surface area (Å²) in [6.07, 6.45) is 1.57. The van der Waals surface area contributed by atoms with Crippen LogP contribution in [0.1, 0.15) is 47.0 Å². The summed E-state index contributed by atoms with van der Waals surface area (Å²) in [5, 5.41) is 11.6. The van der Waals surface area contributed by atoms with E-state index in [-0.39, 0.29) is 24.3 Å². The average Bonchev–Trinajstić information content (AvgIpc) is 2.26. The van der Waals surface area contributed by atoms with Crippen LogP contribution in [0.15, 0.2) is 0 Å². The fraction of sp³-hybridized carbons (Fsp3) is 0.846. The summed E-state index contributed by atoms with van der Waals surface area (Å²) in [6, 6.07) is -0.923. The minimum absolute atomic E-state index is 0.0408. The van der Waals surface area contributed by atoms with Gasteiger partial charge in [0.25, 0.3) is 0 Å². The second-order valence-electron chi connectivity index (χ2n) is 5.32. The smallest absolute Gasteiger partial charge is 0.305 e. The minimum atomic E-state index is -0.901. The van der Waals surface area contributed by atoms with Gasteiger partial charge in [-0.25, -0.2) is 0 Å². The van der Waals surface area contributed by atoms with Gasteiger partial charge in [0.1, 0.15) is 0 Å². The van der Waals surface area contributed by atoms with E-state index in [9.17, 15) is 9.59 Å². The van der Waals surface area contributed by atoms with Crippen LogP contribution >= 0.6 is 0 Å². The molecule has 0 aromatic heterocycles. The van der Waals surface area contributed by atoms with E-state index in [0.29, 0.717) is 12.3 Å². The van der Waals surface area contributed by atoms with Crippen LogP contribution in [0.4, 0.5) is 0 Å². The summed E-state index contributed by atoms with van der Waals surface area (Å²) < 4.78 is 0. The molecule has 0 rings (SSSR count). The molecule has 0 aliphatic rings. The average molecular weight is 258 g/mol. The van der Waals surface area contributed by atoms with Gasteiger partial charge in [0.15, 0.2) is 0 Å². The Hall–Kier alpha value is -1.10. The van der Waals surface area contributed by atoms with Gasteiger partial charge in [-0.1, -0.05) is 34.1 Å². The first-order valence-electron chi connectivity index (χ1n) is 6.55. The molecule has 1 amide bonds. The molecule has 4 N–H and O–H groups in total. The zero-order valence-electron chi connectivity index (χ0n) is 11.8. The van der Waals surface area contributed by atoms with Crippen molar-refractivity contribution in [1.29, 1.82) is 0 Å². The quantitative estimate of drug-likeness (QED) is 0.613. The fourth-order valence-corrected chi connectivity index (χ4v) is 1.66. The van der Waals surface area contributed by atoms with Crippen LogP contribution in [0.25, 0.3) is 0 Å². The summed E-state index contributed by atoms with van der Waals surface area (Å²) in [4.78, 5) is 22.6. The largest absolute Gasteiger partial charge is 0.481 e. The first-order chi connectivity index (χ1) is 8.27. The molecule has 0 aromatic carbocycles. The summed E-state index contributed by atoms with van der Waals surface area (Å²) in [5.74, 6) is -0.745. The van der Waals surface area contributed by atoms with Crippen molar-refractivity contribution in [3.63, 3.8) is 0 Å². The Kier molecular flexibility index (Phi) is 7.59. The normalized spacial score (nSPS) is 16.1. The topological polar surface area (TPSA) is 92.4 Å². The summed E-state index contributed by atoms with van der Waals surface area (Å²) in [5.41, 5.74) is 5.74. The number of carbonyl (C=O) groups is 2. The van der Waals surface area contributed by atoms with E-state index in [0.717, 1.165) is 6.42 Å². The van der Waals surface area contributed by atoms with E-state index in [1.165, 1.54) is 0 Å². The molecule has 0 heterocycles. The van der Waals surface area contributed by atoms with Crippen LogP contribution in [0.2, 0.25) is 0 Å². The third-order valence-corrected chi connectivity index (χ3v) is 3.17. The highest BCUT2D eigenvalue weighted by Gasteiger charge is 2.23. The molecule has 5 heteroatoms. The Bertz CT molecular complexity index is 279. The van der Waals surface area contributed by atoms with Crippen LogP contribution in [0.5, 0.6) is 0 Å². The molecular formula is C13H26N2O3. The lowest BCUT2D eigenvalue weighted by molar-refractivity contribution is -0.137. The highest BCUT2D eigenvalue weighted by Crippen LogP contribution is 2.13. The fourth-order valence-electron chi connectivity index (χ4n) is 1.66. The van der Waals surface area contributed by atoms with Crippen molar-refractivity contribution in [3.8, 4) is 0 Å². The van der Waals surface area contributed by atoms with Crippen molar-refractivity contribution in [2.45, 2.75) is 59.0 Å². The van der Waals surface area contributed by atoms with Crippen LogP contribution in [-0.4, -0.2) is 29.1 Å². The van der Waals surface area contributed by atoms with E-state index in [1.54, 1.807) is 0 Å². The Labute approximate surface area is 109 Å². The van der Waals surface area contributed by atoms with Crippen molar-refractivity contribution in [2.24, 2.45) is 17.6 Å². The molecule has 0 saturated heterocycles.